The van der Waals surface area contributed by atoms with Crippen LogP contribution in [0.1, 0.15) is 0 Å². The molecule has 0 aliphatic carbocycles. The summed E-state index contributed by atoms with van der Waals surface area (Å²) < 4.78 is 14.5. The van der Waals surface area contributed by atoms with Gasteiger partial charge in [-0.2, -0.15) is 0 Å². The largest absolute Gasteiger partial charge is 0.394 e. The molecule has 0 aromatic heterocycles. The van der Waals surface area contributed by atoms with E-state index in [1.165, 1.54) is 21.3 Å². The van der Waals surface area contributed by atoms with Crippen molar-refractivity contribution in [1.29, 1.82) is 0 Å². The van der Waals surface area contributed by atoms with E-state index in [0.29, 0.717) is 0 Å². The van der Waals surface area contributed by atoms with E-state index in [1.54, 1.807) is 0 Å². The SMILES string of the molecule is COCC(O)C(OC)C(O)C(CO)OC. The lowest BCUT2D eigenvalue weighted by molar-refractivity contribution is -0.146. The molecule has 4 atom stereocenters. The standard InChI is InChI=1S/C9H20O6/c1-13-5-6(11)9(15-3)8(12)7(4-10)14-2/h6-12H,4-5H2,1-3H3. The van der Waals surface area contributed by atoms with E-state index in [2.05, 4.69) is 0 Å². The van der Waals surface area contributed by atoms with Crippen molar-refractivity contribution in [3.63, 3.8) is 0 Å². The molecule has 0 aliphatic rings. The van der Waals surface area contributed by atoms with E-state index in [-0.39, 0.29) is 13.2 Å². The van der Waals surface area contributed by atoms with Gasteiger partial charge in [-0.05, 0) is 0 Å². The van der Waals surface area contributed by atoms with E-state index in [4.69, 9.17) is 19.3 Å². The van der Waals surface area contributed by atoms with Crippen molar-refractivity contribution in [1.82, 2.24) is 0 Å². The highest BCUT2D eigenvalue weighted by Crippen LogP contribution is 2.11. The van der Waals surface area contributed by atoms with Crippen LogP contribution in [0.3, 0.4) is 0 Å². The van der Waals surface area contributed by atoms with E-state index in [1.807, 2.05) is 0 Å². The van der Waals surface area contributed by atoms with Gasteiger partial charge in [0.25, 0.3) is 0 Å². The zero-order valence-electron chi connectivity index (χ0n) is 9.29. The Morgan fingerprint density at radius 2 is 1.67 bits per heavy atom. The van der Waals surface area contributed by atoms with Gasteiger partial charge in [-0.3, -0.25) is 0 Å². The first kappa shape index (κ1) is 14.8. The lowest BCUT2D eigenvalue weighted by Crippen LogP contribution is -2.49. The monoisotopic (exact) mass is 224 g/mol. The molecule has 0 amide bonds. The Kier molecular flexibility index (Phi) is 7.85. The van der Waals surface area contributed by atoms with Crippen molar-refractivity contribution < 1.29 is 29.5 Å². The molecule has 6 heteroatoms. The summed E-state index contributed by atoms with van der Waals surface area (Å²) in [5, 5.41) is 28.2. The molecule has 3 N–H and O–H groups in total. The van der Waals surface area contributed by atoms with Gasteiger partial charge in [0.1, 0.15) is 24.4 Å². The quantitative estimate of drug-likeness (QED) is 0.459. The minimum Gasteiger partial charge on any atom is -0.394 e. The van der Waals surface area contributed by atoms with Crippen LogP contribution in [0.4, 0.5) is 0 Å². The Labute approximate surface area is 89.4 Å². The molecule has 0 rings (SSSR count). The molecule has 4 unspecified atom stereocenters. The van der Waals surface area contributed by atoms with Gasteiger partial charge in [0.2, 0.25) is 0 Å². The third-order valence-electron chi connectivity index (χ3n) is 2.19. The summed E-state index contributed by atoms with van der Waals surface area (Å²) in [6.07, 6.45) is -3.74. The number of ether oxygens (including phenoxy) is 3. The van der Waals surface area contributed by atoms with Crippen LogP contribution in [0, 0.1) is 0 Å². The topological polar surface area (TPSA) is 88.4 Å². The summed E-state index contributed by atoms with van der Waals surface area (Å²) in [5.74, 6) is 0. The predicted octanol–water partition coefficient (Wildman–Crippen LogP) is -1.62. The van der Waals surface area contributed by atoms with Crippen LogP contribution >= 0.6 is 0 Å². The van der Waals surface area contributed by atoms with Crippen LogP contribution in [0.25, 0.3) is 0 Å². The number of aliphatic hydroxyl groups excluding tert-OH is 3. The molecule has 0 aromatic carbocycles. The zero-order chi connectivity index (χ0) is 11.8. The van der Waals surface area contributed by atoms with Gasteiger partial charge in [0.05, 0.1) is 13.2 Å². The van der Waals surface area contributed by atoms with E-state index < -0.39 is 24.4 Å². The maximum absolute atomic E-state index is 9.74. The van der Waals surface area contributed by atoms with Crippen LogP contribution in [-0.4, -0.2) is 74.3 Å². The molecule has 0 bridgehead atoms. The fraction of sp³-hybridized carbons (Fsp3) is 1.00. The molecule has 0 saturated heterocycles. The average molecular weight is 224 g/mol. The van der Waals surface area contributed by atoms with E-state index >= 15 is 0 Å². The molecule has 0 heterocycles. The number of aliphatic hydroxyl groups is 3. The van der Waals surface area contributed by atoms with Crippen LogP contribution in [0.5, 0.6) is 0 Å². The van der Waals surface area contributed by atoms with Crippen molar-refractivity contribution in [2.45, 2.75) is 24.4 Å². The Bertz CT molecular complexity index is 150. The fourth-order valence-corrected chi connectivity index (χ4v) is 1.32. The van der Waals surface area contributed by atoms with Gasteiger partial charge in [-0.1, -0.05) is 0 Å². The second-order valence-electron chi connectivity index (χ2n) is 3.17. The van der Waals surface area contributed by atoms with Crippen LogP contribution in [0.2, 0.25) is 0 Å². The Balaban J connectivity index is 4.36. The average Bonchev–Trinajstić information content (AvgIpc) is 2.21. The van der Waals surface area contributed by atoms with Gasteiger partial charge in [0, 0.05) is 21.3 Å². The molecule has 6 nitrogen and oxygen atoms in total. The highest BCUT2D eigenvalue weighted by Gasteiger charge is 2.32. The third kappa shape index (κ3) is 4.42. The van der Waals surface area contributed by atoms with Crippen molar-refractivity contribution in [3.8, 4) is 0 Å². The summed E-state index contributed by atoms with van der Waals surface area (Å²) in [6, 6.07) is 0. The molecule has 0 spiro atoms. The first-order chi connectivity index (χ1) is 7.12. The molecule has 15 heavy (non-hydrogen) atoms. The highest BCUT2D eigenvalue weighted by atomic mass is 16.5. The number of hydrogen-bond donors (Lipinski definition) is 3. The van der Waals surface area contributed by atoms with Gasteiger partial charge >= 0.3 is 0 Å². The first-order valence-corrected chi connectivity index (χ1v) is 4.63. The Morgan fingerprint density at radius 1 is 1.07 bits per heavy atom. The fourth-order valence-electron chi connectivity index (χ4n) is 1.32. The lowest BCUT2D eigenvalue weighted by atomic mass is 10.0. The third-order valence-corrected chi connectivity index (χ3v) is 2.19. The molecular formula is C9H20O6. The maximum atomic E-state index is 9.74. The first-order valence-electron chi connectivity index (χ1n) is 4.63. The Hall–Kier alpha value is -0.240. The van der Waals surface area contributed by atoms with Crippen molar-refractivity contribution >= 4 is 0 Å². The lowest BCUT2D eigenvalue weighted by Gasteiger charge is -2.29. The summed E-state index contributed by atoms with van der Waals surface area (Å²) >= 11 is 0. The Morgan fingerprint density at radius 3 is 2.00 bits per heavy atom. The second kappa shape index (κ2) is 7.98. The number of hydrogen-bond acceptors (Lipinski definition) is 6. The van der Waals surface area contributed by atoms with Crippen LogP contribution < -0.4 is 0 Å². The van der Waals surface area contributed by atoms with Gasteiger partial charge in [-0.15, -0.1) is 0 Å². The second-order valence-corrected chi connectivity index (χ2v) is 3.17. The van der Waals surface area contributed by atoms with Gasteiger partial charge < -0.3 is 29.5 Å². The van der Waals surface area contributed by atoms with Crippen LogP contribution in [0.15, 0.2) is 0 Å². The highest BCUT2D eigenvalue weighted by molar-refractivity contribution is 4.82. The van der Waals surface area contributed by atoms with Gasteiger partial charge in [-0.25, -0.2) is 0 Å². The summed E-state index contributed by atoms with van der Waals surface area (Å²) in [6.45, 7) is -0.311. The molecule has 0 aromatic rings. The normalized spacial score (nSPS) is 19.6. The smallest absolute Gasteiger partial charge is 0.114 e. The molecule has 0 aliphatic heterocycles. The number of rotatable bonds is 8. The zero-order valence-corrected chi connectivity index (χ0v) is 9.29. The maximum Gasteiger partial charge on any atom is 0.114 e. The molecule has 0 saturated carbocycles. The summed E-state index contributed by atoms with van der Waals surface area (Å²) in [7, 11) is 4.15. The minimum absolute atomic E-state index is 0.0391. The summed E-state index contributed by atoms with van der Waals surface area (Å²) in [5.41, 5.74) is 0. The van der Waals surface area contributed by atoms with Crippen LogP contribution in [-0.2, 0) is 14.2 Å². The molecular weight excluding hydrogens is 204 g/mol. The summed E-state index contributed by atoms with van der Waals surface area (Å²) in [4.78, 5) is 0. The molecule has 92 valence electrons. The molecule has 0 fully saturated rings. The van der Waals surface area contributed by atoms with Crippen molar-refractivity contribution in [3.05, 3.63) is 0 Å². The number of methoxy groups -OCH3 is 3. The van der Waals surface area contributed by atoms with Gasteiger partial charge in [0.15, 0.2) is 0 Å². The predicted molar refractivity (Wildman–Crippen MR) is 52.6 cm³/mol. The van der Waals surface area contributed by atoms with E-state index in [9.17, 15) is 10.2 Å². The van der Waals surface area contributed by atoms with E-state index in [0.717, 1.165) is 0 Å². The minimum atomic E-state index is -1.12. The molecule has 0 radical (unpaired) electrons. The van der Waals surface area contributed by atoms with Crippen molar-refractivity contribution in [2.75, 3.05) is 34.5 Å². The van der Waals surface area contributed by atoms with Crippen molar-refractivity contribution in [2.24, 2.45) is 0 Å².